The summed E-state index contributed by atoms with van der Waals surface area (Å²) in [6.45, 7) is 12.1. The third-order valence-corrected chi connectivity index (χ3v) is 7.13. The smallest absolute Gasteiger partial charge is 0.122 e. The first kappa shape index (κ1) is 24.8. The van der Waals surface area contributed by atoms with Gasteiger partial charge in [0.15, 0.2) is 0 Å². The van der Waals surface area contributed by atoms with E-state index in [1.807, 2.05) is 0 Å². The van der Waals surface area contributed by atoms with Crippen molar-refractivity contribution in [2.24, 2.45) is 0 Å². The first-order valence-corrected chi connectivity index (χ1v) is 13.5. The van der Waals surface area contributed by atoms with Crippen LogP contribution in [-0.4, -0.2) is 40.7 Å². The highest BCUT2D eigenvalue weighted by Crippen LogP contribution is 2.27. The van der Waals surface area contributed by atoms with Crippen molar-refractivity contribution in [1.29, 1.82) is 0 Å². The molecule has 0 saturated carbocycles. The van der Waals surface area contributed by atoms with Gasteiger partial charge in [0.25, 0.3) is 0 Å². The lowest BCUT2D eigenvalue weighted by molar-refractivity contribution is 0.280. The molecule has 1 aromatic heterocycles. The van der Waals surface area contributed by atoms with Crippen molar-refractivity contribution in [1.82, 2.24) is 14.5 Å². The SMILES string of the molecule is Cc1ccc(C(C)C)c(OCCCCn2c(CCCN3CCCCCC3)nc3ccccc32)c1. The number of aryl methyl sites for hydroxylation is 3. The molecule has 1 aliphatic rings. The molecule has 0 unspecified atom stereocenters. The Kier molecular flexibility index (Phi) is 9.04. The quantitative estimate of drug-likeness (QED) is 0.284. The zero-order valence-electron chi connectivity index (χ0n) is 21.6. The summed E-state index contributed by atoms with van der Waals surface area (Å²) in [4.78, 5) is 7.67. The van der Waals surface area contributed by atoms with Crippen molar-refractivity contribution in [3.8, 4) is 5.75 Å². The van der Waals surface area contributed by atoms with E-state index in [0.29, 0.717) is 5.92 Å². The van der Waals surface area contributed by atoms with Crippen molar-refractivity contribution < 1.29 is 4.74 Å². The summed E-state index contributed by atoms with van der Waals surface area (Å²) in [7, 11) is 0. The summed E-state index contributed by atoms with van der Waals surface area (Å²) in [5.41, 5.74) is 4.96. The fraction of sp³-hybridized carbons (Fsp3) is 0.567. The van der Waals surface area contributed by atoms with Crippen molar-refractivity contribution in [2.45, 2.75) is 84.6 Å². The lowest BCUT2D eigenvalue weighted by atomic mass is 10.0. The molecule has 0 radical (unpaired) electrons. The van der Waals surface area contributed by atoms with Gasteiger partial charge in [-0.05, 0) is 93.9 Å². The van der Waals surface area contributed by atoms with E-state index in [-0.39, 0.29) is 0 Å². The van der Waals surface area contributed by atoms with E-state index in [0.717, 1.165) is 43.7 Å². The van der Waals surface area contributed by atoms with Gasteiger partial charge >= 0.3 is 0 Å². The van der Waals surface area contributed by atoms with Crippen molar-refractivity contribution in [2.75, 3.05) is 26.2 Å². The minimum Gasteiger partial charge on any atom is -0.493 e. The molecular weight excluding hydrogens is 418 g/mol. The van der Waals surface area contributed by atoms with Crippen LogP contribution in [0.2, 0.25) is 0 Å². The van der Waals surface area contributed by atoms with Crippen LogP contribution in [0.4, 0.5) is 0 Å². The zero-order valence-corrected chi connectivity index (χ0v) is 21.6. The Balaban J connectivity index is 1.32. The largest absolute Gasteiger partial charge is 0.493 e. The molecule has 0 spiro atoms. The summed E-state index contributed by atoms with van der Waals surface area (Å²) in [5.74, 6) is 2.78. The number of unbranched alkanes of at least 4 members (excludes halogenated alkanes) is 1. The molecule has 2 heterocycles. The van der Waals surface area contributed by atoms with E-state index >= 15 is 0 Å². The maximum Gasteiger partial charge on any atom is 0.122 e. The van der Waals surface area contributed by atoms with E-state index in [9.17, 15) is 0 Å². The maximum atomic E-state index is 6.23. The van der Waals surface area contributed by atoms with Gasteiger partial charge in [0, 0.05) is 13.0 Å². The molecule has 4 nitrogen and oxygen atoms in total. The molecule has 1 fully saturated rings. The van der Waals surface area contributed by atoms with E-state index in [2.05, 4.69) is 72.7 Å². The van der Waals surface area contributed by atoms with Crippen LogP contribution in [0.1, 0.15) is 81.7 Å². The summed E-state index contributed by atoms with van der Waals surface area (Å²) < 4.78 is 8.69. The second-order valence-corrected chi connectivity index (χ2v) is 10.3. The van der Waals surface area contributed by atoms with Crippen LogP contribution in [0, 0.1) is 6.92 Å². The highest BCUT2D eigenvalue weighted by Gasteiger charge is 2.13. The van der Waals surface area contributed by atoms with Gasteiger partial charge in [-0.1, -0.05) is 51.0 Å². The van der Waals surface area contributed by atoms with Gasteiger partial charge in [-0.25, -0.2) is 4.98 Å². The number of nitrogens with zero attached hydrogens (tertiary/aromatic N) is 3. The molecular formula is C30H43N3O. The van der Waals surface area contributed by atoms with Crippen molar-refractivity contribution >= 4 is 11.0 Å². The van der Waals surface area contributed by atoms with Gasteiger partial charge in [0.2, 0.25) is 0 Å². The first-order valence-electron chi connectivity index (χ1n) is 13.5. The highest BCUT2D eigenvalue weighted by molar-refractivity contribution is 5.75. The van der Waals surface area contributed by atoms with Crippen LogP contribution in [0.3, 0.4) is 0 Å². The molecule has 0 amide bonds. The molecule has 0 N–H and O–H groups in total. The number of likely N-dealkylation sites (tertiary alicyclic amines) is 1. The Labute approximate surface area is 206 Å². The molecule has 2 aromatic carbocycles. The third kappa shape index (κ3) is 6.63. The van der Waals surface area contributed by atoms with Crippen LogP contribution >= 0.6 is 0 Å². The van der Waals surface area contributed by atoms with Gasteiger partial charge < -0.3 is 14.2 Å². The fourth-order valence-electron chi connectivity index (χ4n) is 5.18. The third-order valence-electron chi connectivity index (χ3n) is 7.13. The number of aromatic nitrogens is 2. The summed E-state index contributed by atoms with van der Waals surface area (Å²) >= 11 is 0. The monoisotopic (exact) mass is 461 g/mol. The van der Waals surface area contributed by atoms with E-state index < -0.39 is 0 Å². The van der Waals surface area contributed by atoms with E-state index in [4.69, 9.17) is 9.72 Å². The Morgan fingerprint density at radius 1 is 0.912 bits per heavy atom. The van der Waals surface area contributed by atoms with Crippen LogP contribution in [0.15, 0.2) is 42.5 Å². The van der Waals surface area contributed by atoms with Gasteiger partial charge in [-0.15, -0.1) is 0 Å². The van der Waals surface area contributed by atoms with Gasteiger partial charge in [-0.2, -0.15) is 0 Å². The minimum absolute atomic E-state index is 0.477. The minimum atomic E-state index is 0.477. The summed E-state index contributed by atoms with van der Waals surface area (Å²) in [6, 6.07) is 15.2. The second kappa shape index (κ2) is 12.4. The number of rotatable bonds is 11. The maximum absolute atomic E-state index is 6.23. The number of hydrogen-bond acceptors (Lipinski definition) is 3. The van der Waals surface area contributed by atoms with Gasteiger partial charge in [0.05, 0.1) is 17.6 Å². The number of benzene rings is 2. The number of para-hydroxylation sites is 2. The summed E-state index contributed by atoms with van der Waals surface area (Å²) in [6.07, 6.45) is 9.93. The molecule has 34 heavy (non-hydrogen) atoms. The number of fused-ring (bicyclic) bond motifs is 1. The Morgan fingerprint density at radius 3 is 2.50 bits per heavy atom. The van der Waals surface area contributed by atoms with Gasteiger partial charge in [0.1, 0.15) is 11.6 Å². The standard InChI is InChI=1S/C30H43N3O/c1-24(2)26-17-16-25(3)23-29(26)34-22-11-10-21-33-28-14-7-6-13-27(28)31-30(33)15-12-20-32-18-8-4-5-9-19-32/h6-7,13-14,16-17,23-24H,4-5,8-12,15,18-22H2,1-3H3. The predicted octanol–water partition coefficient (Wildman–Crippen LogP) is 7.14. The fourth-order valence-corrected chi connectivity index (χ4v) is 5.18. The number of imidazole rings is 1. The van der Waals surface area contributed by atoms with Gasteiger partial charge in [-0.3, -0.25) is 0 Å². The first-order chi connectivity index (χ1) is 16.6. The topological polar surface area (TPSA) is 30.3 Å². The predicted molar refractivity (Wildman–Crippen MR) is 143 cm³/mol. The number of ether oxygens (including phenoxy) is 1. The Morgan fingerprint density at radius 2 is 1.71 bits per heavy atom. The molecule has 1 saturated heterocycles. The molecule has 1 aliphatic heterocycles. The number of hydrogen-bond donors (Lipinski definition) is 0. The van der Waals surface area contributed by atoms with Crippen molar-refractivity contribution in [3.63, 3.8) is 0 Å². The molecule has 4 heteroatoms. The molecule has 184 valence electrons. The normalized spacial score (nSPS) is 15.2. The average Bonchev–Trinajstić information content (AvgIpc) is 2.98. The van der Waals surface area contributed by atoms with Crippen LogP contribution < -0.4 is 4.74 Å². The van der Waals surface area contributed by atoms with E-state index in [1.165, 1.54) is 74.2 Å². The molecule has 4 rings (SSSR count). The molecule has 3 aromatic rings. The molecule has 0 atom stereocenters. The van der Waals surface area contributed by atoms with Crippen LogP contribution in [0.5, 0.6) is 5.75 Å². The Bertz CT molecular complexity index is 1030. The van der Waals surface area contributed by atoms with E-state index in [1.54, 1.807) is 0 Å². The Hall–Kier alpha value is -2.33. The lowest BCUT2D eigenvalue weighted by Crippen LogP contribution is -2.26. The highest BCUT2D eigenvalue weighted by atomic mass is 16.5. The second-order valence-electron chi connectivity index (χ2n) is 10.3. The average molecular weight is 462 g/mol. The zero-order chi connectivity index (χ0) is 23.8. The summed E-state index contributed by atoms with van der Waals surface area (Å²) in [5, 5.41) is 0. The van der Waals surface area contributed by atoms with Crippen LogP contribution in [0.25, 0.3) is 11.0 Å². The lowest BCUT2D eigenvalue weighted by Gasteiger charge is -2.19. The molecule has 0 aliphatic carbocycles. The van der Waals surface area contributed by atoms with Crippen LogP contribution in [-0.2, 0) is 13.0 Å². The molecule has 0 bridgehead atoms. The van der Waals surface area contributed by atoms with Crippen molar-refractivity contribution in [3.05, 3.63) is 59.4 Å².